The highest BCUT2D eigenvalue weighted by molar-refractivity contribution is 5.93. The lowest BCUT2D eigenvalue weighted by Crippen LogP contribution is -2.39. The third-order valence-electron chi connectivity index (χ3n) is 5.05. The SMILES string of the molecule is COc1cccc(Cc2cnc([C@@H]3CCCN(C(=O)c4cccnc4)C3)o2)c1. The topological polar surface area (TPSA) is 68.5 Å². The van der Waals surface area contributed by atoms with Crippen LogP contribution in [-0.4, -0.2) is 41.0 Å². The monoisotopic (exact) mass is 377 g/mol. The second kappa shape index (κ2) is 8.25. The number of carbonyl (C=O) groups excluding carboxylic acids is 1. The van der Waals surface area contributed by atoms with Crippen molar-refractivity contribution in [1.29, 1.82) is 0 Å². The highest BCUT2D eigenvalue weighted by Gasteiger charge is 2.28. The van der Waals surface area contributed by atoms with Gasteiger partial charge in [-0.25, -0.2) is 4.98 Å². The van der Waals surface area contributed by atoms with Crippen molar-refractivity contribution in [2.24, 2.45) is 0 Å². The van der Waals surface area contributed by atoms with Gasteiger partial charge in [0.1, 0.15) is 11.5 Å². The van der Waals surface area contributed by atoms with Crippen molar-refractivity contribution in [2.75, 3.05) is 20.2 Å². The summed E-state index contributed by atoms with van der Waals surface area (Å²) in [6.45, 7) is 1.37. The van der Waals surface area contributed by atoms with Gasteiger partial charge in [-0.2, -0.15) is 0 Å². The molecule has 1 aromatic carbocycles. The predicted molar refractivity (Wildman–Crippen MR) is 104 cm³/mol. The molecule has 1 aliphatic heterocycles. The van der Waals surface area contributed by atoms with Crippen molar-refractivity contribution in [3.05, 3.63) is 77.8 Å². The number of methoxy groups -OCH3 is 1. The largest absolute Gasteiger partial charge is 0.497 e. The van der Waals surface area contributed by atoms with E-state index >= 15 is 0 Å². The van der Waals surface area contributed by atoms with Crippen LogP contribution in [0.4, 0.5) is 0 Å². The van der Waals surface area contributed by atoms with Crippen LogP contribution in [0.1, 0.15) is 46.3 Å². The first-order valence-electron chi connectivity index (χ1n) is 9.50. The van der Waals surface area contributed by atoms with Crippen molar-refractivity contribution in [3.8, 4) is 5.75 Å². The first kappa shape index (κ1) is 18.2. The van der Waals surface area contributed by atoms with Crippen molar-refractivity contribution in [3.63, 3.8) is 0 Å². The lowest BCUT2D eigenvalue weighted by Gasteiger charge is -2.31. The molecule has 0 radical (unpaired) electrons. The van der Waals surface area contributed by atoms with E-state index in [4.69, 9.17) is 9.15 Å². The quantitative estimate of drug-likeness (QED) is 0.678. The molecular weight excluding hydrogens is 354 g/mol. The van der Waals surface area contributed by atoms with Gasteiger partial charge in [0.2, 0.25) is 0 Å². The molecule has 4 rings (SSSR count). The molecule has 3 heterocycles. The van der Waals surface area contributed by atoms with E-state index < -0.39 is 0 Å². The van der Waals surface area contributed by atoms with Crippen LogP contribution >= 0.6 is 0 Å². The zero-order valence-electron chi connectivity index (χ0n) is 15.9. The summed E-state index contributed by atoms with van der Waals surface area (Å²) in [6.07, 6.45) is 7.64. The summed E-state index contributed by atoms with van der Waals surface area (Å²) in [5.41, 5.74) is 1.73. The number of aromatic nitrogens is 2. The highest BCUT2D eigenvalue weighted by Crippen LogP contribution is 2.28. The van der Waals surface area contributed by atoms with Crippen molar-refractivity contribution in [2.45, 2.75) is 25.2 Å². The zero-order valence-corrected chi connectivity index (χ0v) is 15.9. The molecule has 0 spiro atoms. The minimum atomic E-state index is 0.0148. The van der Waals surface area contributed by atoms with E-state index in [9.17, 15) is 4.79 Å². The molecule has 0 unspecified atom stereocenters. The summed E-state index contributed by atoms with van der Waals surface area (Å²) in [5.74, 6) is 2.49. The van der Waals surface area contributed by atoms with Crippen LogP contribution in [0.15, 0.2) is 59.4 Å². The van der Waals surface area contributed by atoms with Crippen LogP contribution in [-0.2, 0) is 6.42 Å². The normalized spacial score (nSPS) is 16.8. The van der Waals surface area contributed by atoms with Gasteiger partial charge >= 0.3 is 0 Å². The van der Waals surface area contributed by atoms with Crippen molar-refractivity contribution < 1.29 is 13.9 Å². The molecule has 1 fully saturated rings. The fraction of sp³-hybridized carbons (Fsp3) is 0.318. The van der Waals surface area contributed by atoms with Crippen LogP contribution < -0.4 is 4.74 Å². The molecule has 1 atom stereocenters. The van der Waals surface area contributed by atoms with Gasteiger partial charge in [-0.3, -0.25) is 9.78 Å². The Hall–Kier alpha value is -3.15. The summed E-state index contributed by atoms with van der Waals surface area (Å²) < 4.78 is 11.3. The molecule has 0 N–H and O–H groups in total. The van der Waals surface area contributed by atoms with E-state index in [0.717, 1.165) is 36.5 Å². The number of carbonyl (C=O) groups is 1. The van der Waals surface area contributed by atoms with Gasteiger partial charge in [-0.1, -0.05) is 12.1 Å². The van der Waals surface area contributed by atoms with Crippen LogP contribution in [0.3, 0.4) is 0 Å². The molecule has 0 bridgehead atoms. The summed E-state index contributed by atoms with van der Waals surface area (Å²) >= 11 is 0. The van der Waals surface area contributed by atoms with E-state index in [2.05, 4.69) is 9.97 Å². The van der Waals surface area contributed by atoms with Gasteiger partial charge in [-0.05, 0) is 42.7 Å². The first-order valence-corrected chi connectivity index (χ1v) is 9.50. The maximum absolute atomic E-state index is 12.7. The number of hydrogen-bond acceptors (Lipinski definition) is 5. The van der Waals surface area contributed by atoms with Gasteiger partial charge in [0.15, 0.2) is 5.89 Å². The predicted octanol–water partition coefficient (Wildman–Crippen LogP) is 3.69. The Morgan fingerprint density at radius 3 is 3.04 bits per heavy atom. The number of piperidine rings is 1. The maximum Gasteiger partial charge on any atom is 0.255 e. The third kappa shape index (κ3) is 4.06. The smallest absolute Gasteiger partial charge is 0.255 e. The van der Waals surface area contributed by atoms with Gasteiger partial charge in [0, 0.05) is 31.9 Å². The summed E-state index contributed by atoms with van der Waals surface area (Å²) in [4.78, 5) is 23.1. The zero-order chi connectivity index (χ0) is 19.3. The van der Waals surface area contributed by atoms with E-state index in [1.165, 1.54) is 0 Å². The Kier molecular flexibility index (Phi) is 5.37. The van der Waals surface area contributed by atoms with E-state index in [-0.39, 0.29) is 11.8 Å². The average Bonchev–Trinajstić information content (AvgIpc) is 3.22. The molecule has 144 valence electrons. The lowest BCUT2D eigenvalue weighted by molar-refractivity contribution is 0.0697. The molecule has 0 saturated carbocycles. The van der Waals surface area contributed by atoms with Crippen LogP contribution in [0.5, 0.6) is 5.75 Å². The Morgan fingerprint density at radius 2 is 2.21 bits per heavy atom. The Labute approximate surface area is 164 Å². The molecule has 1 amide bonds. The van der Waals surface area contributed by atoms with E-state index in [0.29, 0.717) is 24.4 Å². The Morgan fingerprint density at radius 1 is 1.29 bits per heavy atom. The number of rotatable bonds is 5. The minimum absolute atomic E-state index is 0.0148. The molecule has 1 saturated heterocycles. The number of oxazole rings is 1. The minimum Gasteiger partial charge on any atom is -0.497 e. The fourth-order valence-electron chi connectivity index (χ4n) is 3.61. The van der Waals surface area contributed by atoms with Gasteiger partial charge in [-0.15, -0.1) is 0 Å². The highest BCUT2D eigenvalue weighted by atomic mass is 16.5. The number of nitrogens with zero attached hydrogens (tertiary/aromatic N) is 3. The van der Waals surface area contributed by atoms with Gasteiger partial charge in [0.05, 0.1) is 24.8 Å². The molecule has 3 aromatic rings. The van der Waals surface area contributed by atoms with Gasteiger partial charge in [0.25, 0.3) is 5.91 Å². The molecule has 28 heavy (non-hydrogen) atoms. The fourth-order valence-corrected chi connectivity index (χ4v) is 3.61. The van der Waals surface area contributed by atoms with Crippen molar-refractivity contribution in [1.82, 2.24) is 14.9 Å². The summed E-state index contributed by atoms with van der Waals surface area (Å²) in [7, 11) is 1.66. The number of pyridine rings is 1. The maximum atomic E-state index is 12.7. The first-order chi connectivity index (χ1) is 13.7. The van der Waals surface area contributed by atoms with Crippen LogP contribution in [0.2, 0.25) is 0 Å². The van der Waals surface area contributed by atoms with Gasteiger partial charge < -0.3 is 14.1 Å². The molecule has 1 aliphatic rings. The average molecular weight is 377 g/mol. The number of likely N-dealkylation sites (tertiary alicyclic amines) is 1. The molecule has 2 aromatic heterocycles. The van der Waals surface area contributed by atoms with E-state index in [1.807, 2.05) is 29.2 Å². The number of ether oxygens (including phenoxy) is 1. The second-order valence-electron chi connectivity index (χ2n) is 7.03. The standard InChI is InChI=1S/C22H23N3O3/c1-27-19-8-2-5-16(11-19)12-20-14-24-21(28-20)18-7-4-10-25(15-18)22(26)17-6-3-9-23-13-17/h2-3,5-6,8-9,11,13-14,18H,4,7,10,12,15H2,1H3/t18-/m1/s1. The summed E-state index contributed by atoms with van der Waals surface area (Å²) in [6, 6.07) is 11.5. The van der Waals surface area contributed by atoms with Crippen LogP contribution in [0, 0.1) is 0 Å². The number of benzene rings is 1. The molecule has 6 nitrogen and oxygen atoms in total. The van der Waals surface area contributed by atoms with Crippen LogP contribution in [0.25, 0.3) is 0 Å². The molecular formula is C22H23N3O3. The number of amides is 1. The third-order valence-corrected chi connectivity index (χ3v) is 5.05. The van der Waals surface area contributed by atoms with Crippen molar-refractivity contribution >= 4 is 5.91 Å². The summed E-state index contributed by atoms with van der Waals surface area (Å²) in [5, 5.41) is 0. The number of hydrogen-bond donors (Lipinski definition) is 0. The molecule has 6 heteroatoms. The Bertz CT molecular complexity index is 939. The van der Waals surface area contributed by atoms with E-state index in [1.54, 1.807) is 37.8 Å². The Balaban J connectivity index is 1.43. The second-order valence-corrected chi connectivity index (χ2v) is 7.03. The molecule has 0 aliphatic carbocycles. The lowest BCUT2D eigenvalue weighted by atomic mass is 9.97.